The van der Waals surface area contributed by atoms with Crippen LogP contribution in [0.25, 0.3) is 0 Å². The second-order valence-corrected chi connectivity index (χ2v) is 4.98. The summed E-state index contributed by atoms with van der Waals surface area (Å²) >= 11 is 0. The second kappa shape index (κ2) is 4.84. The summed E-state index contributed by atoms with van der Waals surface area (Å²) in [5, 5.41) is 8.95. The number of benzene rings is 1. The van der Waals surface area contributed by atoms with Gasteiger partial charge in [0.25, 0.3) is 0 Å². The molecule has 0 fully saturated rings. The van der Waals surface area contributed by atoms with Crippen molar-refractivity contribution < 1.29 is 9.90 Å². The Morgan fingerprint density at radius 1 is 1.22 bits per heavy atom. The van der Waals surface area contributed by atoms with Crippen molar-refractivity contribution >= 4 is 11.7 Å². The van der Waals surface area contributed by atoms with Crippen LogP contribution in [0.4, 0.5) is 5.69 Å². The van der Waals surface area contributed by atoms with Crippen LogP contribution in [0.15, 0.2) is 23.8 Å². The van der Waals surface area contributed by atoms with Crippen LogP contribution in [0, 0.1) is 20.8 Å². The third-order valence-electron chi connectivity index (χ3n) is 3.44. The quantitative estimate of drug-likeness (QED) is 0.871. The van der Waals surface area contributed by atoms with Gasteiger partial charge >= 0.3 is 5.97 Å². The van der Waals surface area contributed by atoms with Crippen LogP contribution in [-0.4, -0.2) is 24.2 Å². The van der Waals surface area contributed by atoms with E-state index in [1.807, 2.05) is 6.08 Å². The number of carboxylic acid groups (broad SMARTS) is 1. The van der Waals surface area contributed by atoms with Gasteiger partial charge in [0.05, 0.1) is 0 Å². The van der Waals surface area contributed by atoms with E-state index in [9.17, 15) is 4.79 Å². The fraction of sp³-hybridized carbons (Fsp3) is 0.400. The fourth-order valence-corrected chi connectivity index (χ4v) is 2.74. The number of carbonyl (C=O) groups is 1. The molecule has 18 heavy (non-hydrogen) atoms. The molecule has 1 N–H and O–H groups in total. The molecular formula is C15H19NO2. The lowest BCUT2D eigenvalue weighted by molar-refractivity contribution is -0.132. The fourth-order valence-electron chi connectivity index (χ4n) is 2.74. The molecule has 0 aromatic heterocycles. The van der Waals surface area contributed by atoms with Crippen molar-refractivity contribution in [3.05, 3.63) is 40.5 Å². The molecule has 0 atom stereocenters. The van der Waals surface area contributed by atoms with Gasteiger partial charge in [-0.2, -0.15) is 0 Å². The molecule has 0 bridgehead atoms. The molecule has 1 aliphatic heterocycles. The van der Waals surface area contributed by atoms with E-state index in [1.165, 1.54) is 22.4 Å². The molecule has 3 heteroatoms. The first-order valence-corrected chi connectivity index (χ1v) is 6.24. The lowest BCUT2D eigenvalue weighted by Gasteiger charge is -2.30. The number of aryl methyl sites for hydroxylation is 3. The first kappa shape index (κ1) is 12.7. The van der Waals surface area contributed by atoms with Crippen molar-refractivity contribution in [2.24, 2.45) is 0 Å². The van der Waals surface area contributed by atoms with E-state index in [0.29, 0.717) is 18.5 Å². The van der Waals surface area contributed by atoms with Crippen LogP contribution in [-0.2, 0) is 4.79 Å². The summed E-state index contributed by atoms with van der Waals surface area (Å²) < 4.78 is 0. The Morgan fingerprint density at radius 3 is 2.28 bits per heavy atom. The Bertz CT molecular complexity index is 494. The van der Waals surface area contributed by atoms with Gasteiger partial charge in [-0.1, -0.05) is 23.8 Å². The monoisotopic (exact) mass is 245 g/mol. The smallest absolute Gasteiger partial charge is 0.331 e. The van der Waals surface area contributed by atoms with Crippen LogP contribution in [0.3, 0.4) is 0 Å². The minimum atomic E-state index is -0.785. The van der Waals surface area contributed by atoms with Crippen molar-refractivity contribution in [3.8, 4) is 0 Å². The Morgan fingerprint density at radius 2 is 1.83 bits per heavy atom. The topological polar surface area (TPSA) is 40.5 Å². The zero-order valence-corrected chi connectivity index (χ0v) is 11.2. The average Bonchev–Trinajstić information content (AvgIpc) is 2.28. The third kappa shape index (κ3) is 2.40. The van der Waals surface area contributed by atoms with Gasteiger partial charge in [0.2, 0.25) is 0 Å². The molecular weight excluding hydrogens is 226 g/mol. The molecule has 0 radical (unpaired) electrons. The normalized spacial score (nSPS) is 15.5. The average molecular weight is 245 g/mol. The highest BCUT2D eigenvalue weighted by Gasteiger charge is 2.18. The molecule has 3 nitrogen and oxygen atoms in total. The molecule has 0 unspecified atom stereocenters. The maximum Gasteiger partial charge on any atom is 0.331 e. The van der Waals surface area contributed by atoms with Gasteiger partial charge in [0, 0.05) is 24.4 Å². The van der Waals surface area contributed by atoms with Crippen LogP contribution < -0.4 is 4.90 Å². The second-order valence-electron chi connectivity index (χ2n) is 4.98. The van der Waals surface area contributed by atoms with Crippen molar-refractivity contribution in [3.63, 3.8) is 0 Å². The van der Waals surface area contributed by atoms with Gasteiger partial charge in [-0.3, -0.25) is 0 Å². The van der Waals surface area contributed by atoms with E-state index in [4.69, 9.17) is 5.11 Å². The van der Waals surface area contributed by atoms with Crippen LogP contribution in [0.1, 0.15) is 23.1 Å². The van der Waals surface area contributed by atoms with Crippen molar-refractivity contribution in [2.75, 3.05) is 18.0 Å². The molecule has 0 amide bonds. The van der Waals surface area contributed by atoms with Gasteiger partial charge in [-0.05, 0) is 38.3 Å². The van der Waals surface area contributed by atoms with Gasteiger partial charge in [-0.25, -0.2) is 4.79 Å². The largest absolute Gasteiger partial charge is 0.478 e. The maximum absolute atomic E-state index is 10.9. The molecule has 1 heterocycles. The zero-order chi connectivity index (χ0) is 13.3. The Kier molecular flexibility index (Phi) is 3.41. The number of hydrogen-bond donors (Lipinski definition) is 1. The highest BCUT2D eigenvalue weighted by atomic mass is 16.4. The minimum Gasteiger partial charge on any atom is -0.478 e. The summed E-state index contributed by atoms with van der Waals surface area (Å²) in [4.78, 5) is 13.1. The number of aliphatic carboxylic acids is 1. The van der Waals surface area contributed by atoms with E-state index in [-0.39, 0.29) is 0 Å². The summed E-state index contributed by atoms with van der Waals surface area (Å²) in [5.41, 5.74) is 5.59. The molecule has 1 aromatic rings. The van der Waals surface area contributed by atoms with E-state index >= 15 is 0 Å². The lowest BCUT2D eigenvalue weighted by Crippen LogP contribution is -2.31. The summed E-state index contributed by atoms with van der Waals surface area (Å²) in [7, 11) is 0. The van der Waals surface area contributed by atoms with Gasteiger partial charge in [0.1, 0.15) is 0 Å². The number of hydrogen-bond acceptors (Lipinski definition) is 2. The number of anilines is 1. The molecule has 1 aromatic carbocycles. The zero-order valence-electron chi connectivity index (χ0n) is 11.2. The molecule has 0 saturated carbocycles. The van der Waals surface area contributed by atoms with E-state index in [1.54, 1.807) is 0 Å². The number of nitrogens with zero attached hydrogens (tertiary/aromatic N) is 1. The third-order valence-corrected chi connectivity index (χ3v) is 3.44. The Labute approximate surface area is 108 Å². The van der Waals surface area contributed by atoms with Crippen LogP contribution in [0.2, 0.25) is 0 Å². The molecule has 1 aliphatic rings. The van der Waals surface area contributed by atoms with Gasteiger partial charge < -0.3 is 10.0 Å². The highest BCUT2D eigenvalue weighted by molar-refractivity contribution is 5.87. The molecule has 2 rings (SSSR count). The Balaban J connectivity index is 2.28. The first-order chi connectivity index (χ1) is 8.49. The predicted molar refractivity (Wildman–Crippen MR) is 73.2 cm³/mol. The summed E-state index contributed by atoms with van der Waals surface area (Å²) in [5.74, 6) is -0.785. The first-order valence-electron chi connectivity index (χ1n) is 6.24. The van der Waals surface area contributed by atoms with Crippen molar-refractivity contribution in [1.29, 1.82) is 0 Å². The minimum absolute atomic E-state index is 0.536. The standard InChI is InChI=1S/C15H19NO2/c1-10-8-11(2)14(12(3)9-10)16-6-4-13(5-7-16)15(17)18/h4,8-9H,5-7H2,1-3H3,(H,17,18). The molecule has 96 valence electrons. The maximum atomic E-state index is 10.9. The molecule has 0 aliphatic carbocycles. The Hall–Kier alpha value is -1.77. The lowest BCUT2D eigenvalue weighted by atomic mass is 10.0. The van der Waals surface area contributed by atoms with Crippen LogP contribution in [0.5, 0.6) is 0 Å². The summed E-state index contributed by atoms with van der Waals surface area (Å²) in [6.07, 6.45) is 2.44. The van der Waals surface area contributed by atoms with Crippen molar-refractivity contribution in [2.45, 2.75) is 27.2 Å². The van der Waals surface area contributed by atoms with Crippen molar-refractivity contribution in [1.82, 2.24) is 0 Å². The summed E-state index contributed by atoms with van der Waals surface area (Å²) in [6.45, 7) is 7.80. The van der Waals surface area contributed by atoms with Gasteiger partial charge in [0.15, 0.2) is 0 Å². The van der Waals surface area contributed by atoms with Gasteiger partial charge in [-0.15, -0.1) is 0 Å². The molecule has 0 spiro atoms. The predicted octanol–water partition coefficient (Wildman–Crippen LogP) is 2.83. The number of carboxylic acids is 1. The van der Waals surface area contributed by atoms with E-state index in [2.05, 4.69) is 37.8 Å². The van der Waals surface area contributed by atoms with E-state index < -0.39 is 5.97 Å². The molecule has 0 saturated heterocycles. The highest BCUT2D eigenvalue weighted by Crippen LogP contribution is 2.28. The van der Waals surface area contributed by atoms with Crippen LogP contribution >= 0.6 is 0 Å². The van der Waals surface area contributed by atoms with E-state index in [0.717, 1.165) is 6.54 Å². The summed E-state index contributed by atoms with van der Waals surface area (Å²) in [6, 6.07) is 4.36. The number of rotatable bonds is 2. The SMILES string of the molecule is Cc1cc(C)c(N2CC=C(C(=O)O)CC2)c(C)c1.